The molecular weight excluding hydrogens is 310 g/mol. The van der Waals surface area contributed by atoms with E-state index in [1.165, 1.54) is 35.4 Å². The highest BCUT2D eigenvalue weighted by molar-refractivity contribution is 7.13. The smallest absolute Gasteiger partial charge is 0.245 e. The van der Waals surface area contributed by atoms with Gasteiger partial charge in [0, 0.05) is 19.1 Å². The summed E-state index contributed by atoms with van der Waals surface area (Å²) in [5.74, 6) is -0.0471. The van der Waals surface area contributed by atoms with Crippen molar-refractivity contribution < 1.29 is 4.79 Å². The molecule has 1 aliphatic carbocycles. The topological polar surface area (TPSA) is 61.4 Å². The molecule has 2 aliphatic rings. The van der Waals surface area contributed by atoms with Gasteiger partial charge in [-0.05, 0) is 31.4 Å². The molecule has 1 aliphatic heterocycles. The zero-order valence-electron chi connectivity index (χ0n) is 13.0. The molecule has 0 radical (unpaired) electrons. The number of carbonyl (C=O) groups excluding carboxylic acids is 1. The first-order valence-electron chi connectivity index (χ1n) is 7.89. The van der Waals surface area contributed by atoms with Crippen LogP contribution in [0.4, 0.5) is 16.5 Å². The fraction of sp³-hybridized carbons (Fsp3) is 0.438. The number of rotatable bonds is 4. The van der Waals surface area contributed by atoms with Crippen molar-refractivity contribution in [1.82, 2.24) is 10.2 Å². The van der Waals surface area contributed by atoms with Crippen molar-refractivity contribution in [2.45, 2.75) is 25.8 Å². The maximum absolute atomic E-state index is 12.3. The van der Waals surface area contributed by atoms with Crippen LogP contribution in [-0.2, 0) is 4.79 Å². The third-order valence-corrected chi connectivity index (χ3v) is 4.99. The van der Waals surface area contributed by atoms with Gasteiger partial charge in [-0.15, -0.1) is 10.2 Å². The van der Waals surface area contributed by atoms with Crippen LogP contribution in [0.3, 0.4) is 0 Å². The third kappa shape index (κ3) is 2.88. The van der Waals surface area contributed by atoms with Crippen LogP contribution in [0, 0.1) is 6.92 Å². The van der Waals surface area contributed by atoms with Gasteiger partial charge in [0.1, 0.15) is 5.51 Å². The van der Waals surface area contributed by atoms with E-state index in [0.717, 1.165) is 18.8 Å². The lowest BCUT2D eigenvalue weighted by molar-refractivity contribution is -0.115. The monoisotopic (exact) mass is 329 g/mol. The second-order valence-electron chi connectivity index (χ2n) is 6.08. The highest BCUT2D eigenvalue weighted by Crippen LogP contribution is 2.41. The van der Waals surface area contributed by atoms with Crippen molar-refractivity contribution in [1.29, 1.82) is 0 Å². The molecule has 0 bridgehead atoms. The molecule has 0 saturated heterocycles. The first-order chi connectivity index (χ1) is 11.2. The van der Waals surface area contributed by atoms with Gasteiger partial charge in [0.25, 0.3) is 0 Å². The van der Waals surface area contributed by atoms with Gasteiger partial charge in [0.2, 0.25) is 11.0 Å². The Kier molecular flexibility index (Phi) is 3.65. The Hall–Kier alpha value is -2.15. The normalized spacial score (nSPS) is 17.1. The Morgan fingerprint density at radius 1 is 1.39 bits per heavy atom. The van der Waals surface area contributed by atoms with Gasteiger partial charge >= 0.3 is 0 Å². The van der Waals surface area contributed by atoms with E-state index in [1.54, 1.807) is 5.51 Å². The molecule has 6 nitrogen and oxygen atoms in total. The Morgan fingerprint density at radius 3 is 3.00 bits per heavy atom. The predicted molar refractivity (Wildman–Crippen MR) is 92.3 cm³/mol. The number of aryl methyl sites for hydroxylation is 1. The molecule has 1 aromatic carbocycles. The summed E-state index contributed by atoms with van der Waals surface area (Å²) in [7, 11) is 0. The molecule has 1 fully saturated rings. The molecule has 1 N–H and O–H groups in total. The second kappa shape index (κ2) is 5.81. The zero-order chi connectivity index (χ0) is 15.8. The average molecular weight is 329 g/mol. The summed E-state index contributed by atoms with van der Waals surface area (Å²) in [6.07, 6.45) is 2.57. The molecule has 1 saturated carbocycles. The van der Waals surface area contributed by atoms with Gasteiger partial charge in [-0.3, -0.25) is 10.1 Å². The first-order valence-corrected chi connectivity index (χ1v) is 8.77. The number of anilines is 3. The molecule has 1 aromatic heterocycles. The fourth-order valence-corrected chi connectivity index (χ4v) is 3.67. The van der Waals surface area contributed by atoms with Crippen LogP contribution >= 0.6 is 11.3 Å². The van der Waals surface area contributed by atoms with Crippen LogP contribution in [-0.4, -0.2) is 41.8 Å². The van der Waals surface area contributed by atoms with Crippen molar-refractivity contribution in [2.75, 3.05) is 34.8 Å². The minimum absolute atomic E-state index is 0.0471. The summed E-state index contributed by atoms with van der Waals surface area (Å²) in [6, 6.07) is 7.03. The molecule has 0 spiro atoms. The van der Waals surface area contributed by atoms with E-state index in [1.807, 2.05) is 0 Å². The van der Waals surface area contributed by atoms with E-state index in [9.17, 15) is 4.79 Å². The average Bonchev–Trinajstić information content (AvgIpc) is 3.26. The van der Waals surface area contributed by atoms with Crippen molar-refractivity contribution in [3.05, 3.63) is 29.3 Å². The maximum atomic E-state index is 12.3. The lowest BCUT2D eigenvalue weighted by atomic mass is 10.1. The Labute approximate surface area is 139 Å². The van der Waals surface area contributed by atoms with Crippen LogP contribution in [0.5, 0.6) is 0 Å². The number of para-hydroxylation sites is 1. The van der Waals surface area contributed by atoms with Gasteiger partial charge in [-0.2, -0.15) is 0 Å². The van der Waals surface area contributed by atoms with E-state index in [4.69, 9.17) is 0 Å². The van der Waals surface area contributed by atoms with E-state index >= 15 is 0 Å². The number of amides is 1. The summed E-state index contributed by atoms with van der Waals surface area (Å²) in [4.78, 5) is 17.0. The first kappa shape index (κ1) is 14.4. The Balaban J connectivity index is 1.54. The molecule has 2 heterocycles. The summed E-state index contributed by atoms with van der Waals surface area (Å²) < 4.78 is 0. The maximum Gasteiger partial charge on any atom is 0.245 e. The van der Waals surface area contributed by atoms with Crippen LogP contribution in [0.2, 0.25) is 0 Å². The lowest BCUT2D eigenvalue weighted by Crippen LogP contribution is -2.45. The highest BCUT2D eigenvalue weighted by atomic mass is 32.1. The number of nitrogens with one attached hydrogen (secondary N) is 1. The molecule has 4 rings (SSSR count). The largest absolute Gasteiger partial charge is 0.365 e. The van der Waals surface area contributed by atoms with E-state index in [0.29, 0.717) is 17.7 Å². The van der Waals surface area contributed by atoms with Crippen LogP contribution in [0.15, 0.2) is 23.7 Å². The van der Waals surface area contributed by atoms with E-state index in [2.05, 4.69) is 50.4 Å². The zero-order valence-corrected chi connectivity index (χ0v) is 13.8. The van der Waals surface area contributed by atoms with Gasteiger partial charge in [0.05, 0.1) is 17.9 Å². The van der Waals surface area contributed by atoms with Crippen LogP contribution in [0.1, 0.15) is 18.4 Å². The van der Waals surface area contributed by atoms with Crippen molar-refractivity contribution in [3.8, 4) is 0 Å². The van der Waals surface area contributed by atoms with Gasteiger partial charge in [-0.1, -0.05) is 23.5 Å². The number of aromatic nitrogens is 2. The Morgan fingerprint density at radius 2 is 2.26 bits per heavy atom. The summed E-state index contributed by atoms with van der Waals surface area (Å²) in [5.41, 5.74) is 5.35. The SMILES string of the molecule is Cc1cccc2c1N(C1CC1)CCN2CC(=O)Nc1nncs1. The van der Waals surface area contributed by atoms with E-state index < -0.39 is 0 Å². The summed E-state index contributed by atoms with van der Waals surface area (Å²) in [5, 5.41) is 11.0. The minimum atomic E-state index is -0.0471. The van der Waals surface area contributed by atoms with Crippen molar-refractivity contribution in [3.63, 3.8) is 0 Å². The molecule has 7 heteroatoms. The molecule has 2 aromatic rings. The quantitative estimate of drug-likeness (QED) is 0.932. The molecule has 0 unspecified atom stereocenters. The van der Waals surface area contributed by atoms with Gasteiger partial charge in [-0.25, -0.2) is 0 Å². The minimum Gasteiger partial charge on any atom is -0.365 e. The number of carbonyl (C=O) groups is 1. The van der Waals surface area contributed by atoms with Gasteiger partial charge in [0.15, 0.2) is 0 Å². The fourth-order valence-electron chi connectivity index (χ4n) is 3.21. The molecule has 0 atom stereocenters. The molecule has 120 valence electrons. The van der Waals surface area contributed by atoms with Crippen molar-refractivity contribution >= 4 is 33.8 Å². The number of hydrogen-bond donors (Lipinski definition) is 1. The molecule has 23 heavy (non-hydrogen) atoms. The number of benzene rings is 1. The van der Waals surface area contributed by atoms with Crippen molar-refractivity contribution in [2.24, 2.45) is 0 Å². The van der Waals surface area contributed by atoms with Crippen LogP contribution in [0.25, 0.3) is 0 Å². The highest BCUT2D eigenvalue weighted by Gasteiger charge is 2.35. The summed E-state index contributed by atoms with van der Waals surface area (Å²) >= 11 is 1.33. The van der Waals surface area contributed by atoms with Gasteiger partial charge < -0.3 is 9.80 Å². The Bertz CT molecular complexity index is 713. The lowest BCUT2D eigenvalue weighted by Gasteiger charge is -2.39. The van der Waals surface area contributed by atoms with Crippen LogP contribution < -0.4 is 15.1 Å². The standard InChI is InChI=1S/C16H19N5OS/c1-11-3-2-4-13-15(11)21(12-5-6-12)8-7-20(13)9-14(22)18-16-19-17-10-23-16/h2-4,10,12H,5-9H2,1H3,(H,18,19,22). The number of nitrogens with zero attached hydrogens (tertiary/aromatic N) is 4. The third-order valence-electron chi connectivity index (χ3n) is 4.38. The summed E-state index contributed by atoms with van der Waals surface area (Å²) in [6.45, 7) is 4.35. The predicted octanol–water partition coefficient (Wildman–Crippen LogP) is 2.27. The second-order valence-corrected chi connectivity index (χ2v) is 6.91. The molecular formula is C16H19N5OS. The van der Waals surface area contributed by atoms with E-state index in [-0.39, 0.29) is 5.91 Å². The molecule has 1 amide bonds. The number of fused-ring (bicyclic) bond motifs is 1. The number of hydrogen-bond acceptors (Lipinski definition) is 6.